The second-order valence-electron chi connectivity index (χ2n) is 13.7. The number of carbonyl (C=O) groups excluding carboxylic acids is 2. The molecule has 0 spiro atoms. The summed E-state index contributed by atoms with van der Waals surface area (Å²) in [5.74, 6) is 0.937. The van der Waals surface area contributed by atoms with Crippen LogP contribution >= 0.6 is 0 Å². The van der Waals surface area contributed by atoms with Gasteiger partial charge in [-0.3, -0.25) is 9.59 Å². The lowest BCUT2D eigenvalue weighted by Crippen LogP contribution is -2.51. The zero-order valence-corrected chi connectivity index (χ0v) is 26.3. The molecule has 8 nitrogen and oxygen atoms in total. The molecule has 3 aromatic carbocycles. The molecule has 5 aromatic rings. The van der Waals surface area contributed by atoms with E-state index in [1.165, 1.54) is 18.9 Å². The third-order valence-corrected chi connectivity index (χ3v) is 10.4. The van der Waals surface area contributed by atoms with Crippen molar-refractivity contribution in [1.29, 1.82) is 0 Å². The summed E-state index contributed by atoms with van der Waals surface area (Å²) in [6, 6.07) is 22.6. The molecule has 0 bridgehead atoms. The normalized spacial score (nSPS) is 21.8. The minimum Gasteiger partial charge on any atom is -0.338 e. The van der Waals surface area contributed by atoms with Gasteiger partial charge in [-0.25, -0.2) is 9.37 Å². The quantitative estimate of drug-likeness (QED) is 0.250. The first-order valence-corrected chi connectivity index (χ1v) is 16.5. The van der Waals surface area contributed by atoms with E-state index in [9.17, 15) is 9.59 Å². The molecular formula is C37H39FN6O2. The number of nitrogens with two attached hydrogens (primary N) is 1. The Labute approximate surface area is 267 Å². The van der Waals surface area contributed by atoms with Crippen LogP contribution in [0.15, 0.2) is 72.8 Å². The van der Waals surface area contributed by atoms with E-state index in [4.69, 9.17) is 10.7 Å². The average Bonchev–Trinajstić information content (AvgIpc) is 3.61. The van der Waals surface area contributed by atoms with E-state index in [0.717, 1.165) is 23.1 Å². The SMILES string of the molecule is CC1CN(C(=O)c2cc(F)c3c(c2)nc(-c2cc4ccccc4n2CC2CC2)n3CC2CN(C(=O)c3ccccc3)C2)C(C)[C@@H]1N. The van der Waals surface area contributed by atoms with Crippen LogP contribution in [0.4, 0.5) is 4.39 Å². The van der Waals surface area contributed by atoms with Gasteiger partial charge in [-0.05, 0) is 68.0 Å². The molecular weight excluding hydrogens is 579 g/mol. The fourth-order valence-electron chi connectivity index (χ4n) is 7.45. The molecule has 3 atom stereocenters. The number of rotatable bonds is 7. The molecule has 0 radical (unpaired) electrons. The minimum absolute atomic E-state index is 0.0108. The Balaban J connectivity index is 1.19. The summed E-state index contributed by atoms with van der Waals surface area (Å²) < 4.78 is 20.6. The number of hydrogen-bond donors (Lipinski definition) is 1. The molecule has 2 unspecified atom stereocenters. The van der Waals surface area contributed by atoms with Crippen molar-refractivity contribution in [2.24, 2.45) is 23.5 Å². The van der Waals surface area contributed by atoms with Crippen LogP contribution in [0.25, 0.3) is 33.5 Å². The number of fused-ring (bicyclic) bond motifs is 2. The fourth-order valence-corrected chi connectivity index (χ4v) is 7.45. The Morgan fingerprint density at radius 2 is 1.57 bits per heavy atom. The number of aromatic nitrogens is 3. The number of nitrogens with zero attached hydrogens (tertiary/aromatic N) is 5. The Hall–Kier alpha value is -4.50. The molecule has 2 saturated heterocycles. The van der Waals surface area contributed by atoms with Gasteiger partial charge in [0.15, 0.2) is 5.82 Å². The van der Waals surface area contributed by atoms with E-state index in [2.05, 4.69) is 28.8 Å². The number of para-hydroxylation sites is 1. The molecule has 2 amide bonds. The highest BCUT2D eigenvalue weighted by atomic mass is 19.1. The maximum Gasteiger partial charge on any atom is 0.254 e. The van der Waals surface area contributed by atoms with Crippen molar-refractivity contribution in [3.8, 4) is 11.5 Å². The zero-order valence-electron chi connectivity index (χ0n) is 26.3. The molecule has 236 valence electrons. The van der Waals surface area contributed by atoms with Crippen molar-refractivity contribution >= 4 is 33.8 Å². The van der Waals surface area contributed by atoms with E-state index in [0.29, 0.717) is 54.5 Å². The van der Waals surface area contributed by atoms with Crippen molar-refractivity contribution in [3.05, 3.63) is 89.7 Å². The predicted molar refractivity (Wildman–Crippen MR) is 177 cm³/mol. The summed E-state index contributed by atoms with van der Waals surface area (Å²) in [4.78, 5) is 35.4. The first kappa shape index (κ1) is 28.9. The minimum atomic E-state index is -0.467. The van der Waals surface area contributed by atoms with E-state index < -0.39 is 5.82 Å². The van der Waals surface area contributed by atoms with Crippen molar-refractivity contribution in [2.75, 3.05) is 19.6 Å². The number of likely N-dealkylation sites (tertiary alicyclic amines) is 2. The lowest BCUT2D eigenvalue weighted by molar-refractivity contribution is 0.0471. The third-order valence-electron chi connectivity index (χ3n) is 10.4. The summed E-state index contributed by atoms with van der Waals surface area (Å²) >= 11 is 0. The van der Waals surface area contributed by atoms with Gasteiger partial charge in [0.25, 0.3) is 11.8 Å². The van der Waals surface area contributed by atoms with Crippen LogP contribution < -0.4 is 5.73 Å². The highest BCUT2D eigenvalue weighted by molar-refractivity contribution is 5.99. The van der Waals surface area contributed by atoms with Crippen molar-refractivity contribution < 1.29 is 14.0 Å². The van der Waals surface area contributed by atoms with E-state index in [1.807, 2.05) is 59.7 Å². The van der Waals surface area contributed by atoms with Crippen molar-refractivity contribution in [1.82, 2.24) is 23.9 Å². The molecule has 2 N–H and O–H groups in total. The van der Waals surface area contributed by atoms with E-state index >= 15 is 4.39 Å². The number of hydrogen-bond acceptors (Lipinski definition) is 4. The number of carbonyl (C=O) groups is 2. The smallest absolute Gasteiger partial charge is 0.254 e. The summed E-state index contributed by atoms with van der Waals surface area (Å²) in [6.07, 6.45) is 2.40. The standard InChI is InChI=1S/C37H39FN6O2/c1-22-17-42(23(2)33(22)39)37(46)28-14-29(38)34-30(15-28)40-35(32-16-27-10-6-7-11-31(27)43(32)20-24-12-13-24)44(34)21-25-18-41(19-25)36(45)26-8-4-3-5-9-26/h3-11,14-16,22-25,33H,12-13,17-21,39H2,1-2H3/t22?,23?,33-/m1/s1. The average molecular weight is 619 g/mol. The Morgan fingerprint density at radius 1 is 0.848 bits per heavy atom. The van der Waals surface area contributed by atoms with Crippen molar-refractivity contribution in [3.63, 3.8) is 0 Å². The molecule has 2 aromatic heterocycles. The molecule has 9 heteroatoms. The molecule has 3 fully saturated rings. The highest BCUT2D eigenvalue weighted by Crippen LogP contribution is 2.38. The second-order valence-corrected chi connectivity index (χ2v) is 13.7. The lowest BCUT2D eigenvalue weighted by atomic mass is 9.98. The van der Waals surface area contributed by atoms with E-state index in [1.54, 1.807) is 11.0 Å². The Kier molecular flexibility index (Phi) is 6.97. The van der Waals surface area contributed by atoms with Crippen LogP contribution in [0, 0.1) is 23.6 Å². The summed E-state index contributed by atoms with van der Waals surface area (Å²) in [6.45, 7) is 7.10. The molecule has 8 rings (SSSR count). The van der Waals surface area contributed by atoms with Crippen LogP contribution in [-0.2, 0) is 13.1 Å². The van der Waals surface area contributed by atoms with Gasteiger partial charge in [-0.2, -0.15) is 0 Å². The largest absolute Gasteiger partial charge is 0.338 e. The van der Waals surface area contributed by atoms with Crippen LogP contribution in [0.1, 0.15) is 47.4 Å². The molecule has 1 saturated carbocycles. The first-order valence-electron chi connectivity index (χ1n) is 16.5. The molecule has 4 heterocycles. The van der Waals surface area contributed by atoms with Crippen molar-refractivity contribution in [2.45, 2.75) is 51.9 Å². The van der Waals surface area contributed by atoms with Gasteiger partial charge in [0.1, 0.15) is 11.3 Å². The van der Waals surface area contributed by atoms with Gasteiger partial charge in [0.05, 0.1) is 11.2 Å². The first-order chi connectivity index (χ1) is 22.3. The third kappa shape index (κ3) is 4.88. The highest BCUT2D eigenvalue weighted by Gasteiger charge is 2.38. The monoisotopic (exact) mass is 618 g/mol. The zero-order chi connectivity index (χ0) is 31.7. The molecule has 3 aliphatic rings. The second kappa shape index (κ2) is 11.1. The van der Waals surface area contributed by atoms with Gasteiger partial charge in [-0.1, -0.05) is 43.3 Å². The Morgan fingerprint density at radius 3 is 2.28 bits per heavy atom. The number of amides is 2. The maximum atomic E-state index is 16.3. The summed E-state index contributed by atoms with van der Waals surface area (Å²) in [7, 11) is 0. The van der Waals surface area contributed by atoms with Gasteiger partial charge in [0, 0.05) is 72.8 Å². The number of benzene rings is 3. The predicted octanol–water partition coefficient (Wildman–Crippen LogP) is 5.79. The van der Waals surface area contributed by atoms with Gasteiger partial charge < -0.3 is 24.7 Å². The molecule has 1 aliphatic carbocycles. The fraction of sp³-hybridized carbons (Fsp3) is 0.378. The summed E-state index contributed by atoms with van der Waals surface area (Å²) in [5.41, 5.74) is 10.2. The van der Waals surface area contributed by atoms with Crippen LogP contribution in [0.3, 0.4) is 0 Å². The van der Waals surface area contributed by atoms with Gasteiger partial charge in [0.2, 0.25) is 0 Å². The van der Waals surface area contributed by atoms with Crippen LogP contribution in [0.5, 0.6) is 0 Å². The van der Waals surface area contributed by atoms with E-state index in [-0.39, 0.29) is 41.3 Å². The van der Waals surface area contributed by atoms with Crippen LogP contribution in [0.2, 0.25) is 0 Å². The Bertz CT molecular complexity index is 1970. The molecule has 46 heavy (non-hydrogen) atoms. The number of imidazole rings is 1. The number of halogens is 1. The van der Waals surface area contributed by atoms with Gasteiger partial charge >= 0.3 is 0 Å². The topological polar surface area (TPSA) is 89.4 Å². The van der Waals surface area contributed by atoms with Gasteiger partial charge in [-0.15, -0.1) is 0 Å². The lowest BCUT2D eigenvalue weighted by Gasteiger charge is -2.39. The maximum absolute atomic E-state index is 16.3. The summed E-state index contributed by atoms with van der Waals surface area (Å²) in [5, 5.41) is 1.12. The van der Waals surface area contributed by atoms with Crippen LogP contribution in [-0.4, -0.2) is 67.5 Å². The molecule has 2 aliphatic heterocycles.